The van der Waals surface area contributed by atoms with Gasteiger partial charge in [0, 0.05) is 23.1 Å². The zero-order chi connectivity index (χ0) is 16.1. The molecular weight excluding hydrogens is 352 g/mol. The monoisotopic (exact) mass is 379 g/mol. The van der Waals surface area contributed by atoms with E-state index in [1.54, 1.807) is 4.90 Å². The highest BCUT2D eigenvalue weighted by Gasteiger charge is 2.31. The minimum Gasteiger partial charge on any atom is -0.342 e. The molecule has 3 rings (SSSR count). The molecule has 0 aromatic heterocycles. The molecule has 2 aliphatic rings. The fourth-order valence-corrected chi connectivity index (χ4v) is 4.23. The van der Waals surface area contributed by atoms with Gasteiger partial charge in [-0.05, 0) is 37.8 Å². The molecule has 0 spiro atoms. The van der Waals surface area contributed by atoms with Gasteiger partial charge in [-0.25, -0.2) is 0 Å². The number of amides is 1. The molecule has 2 aliphatic heterocycles. The quantitative estimate of drug-likeness (QED) is 0.857. The zero-order valence-corrected chi connectivity index (χ0v) is 15.5. The fraction of sp³-hybridized carbons (Fsp3) is 0.632. The normalized spacial score (nSPS) is 25.9. The minimum absolute atomic E-state index is 0.243. The van der Waals surface area contributed by atoms with Crippen LogP contribution in [0.4, 0.5) is 0 Å². The zero-order valence-electron chi connectivity index (χ0n) is 13.9. The van der Waals surface area contributed by atoms with E-state index in [0.717, 1.165) is 37.1 Å². The Kier molecular flexibility index (Phi) is 6.12. The summed E-state index contributed by atoms with van der Waals surface area (Å²) in [6.07, 6.45) is 7.21. The Balaban J connectivity index is 1.56. The maximum atomic E-state index is 12.9. The number of carbonyl (C=O) groups is 1. The van der Waals surface area contributed by atoms with E-state index in [0.29, 0.717) is 5.91 Å². The topological polar surface area (TPSA) is 24.8 Å². The molecular formula is C19H28BrN2O+. The summed E-state index contributed by atoms with van der Waals surface area (Å²) in [7, 11) is 0. The fourth-order valence-electron chi connectivity index (χ4n) is 3.96. The van der Waals surface area contributed by atoms with Gasteiger partial charge in [0.25, 0.3) is 0 Å². The Hall–Kier alpha value is -0.870. The first-order chi connectivity index (χ1) is 11.2. The highest BCUT2D eigenvalue weighted by atomic mass is 79.9. The maximum absolute atomic E-state index is 12.9. The number of quaternary nitrogens is 1. The number of hydrogen-bond acceptors (Lipinski definition) is 1. The summed E-state index contributed by atoms with van der Waals surface area (Å²) < 4.78 is 1.13. The lowest BCUT2D eigenvalue weighted by Crippen LogP contribution is -3.12. The first-order valence-corrected chi connectivity index (χ1v) is 9.88. The van der Waals surface area contributed by atoms with Crippen molar-refractivity contribution in [1.29, 1.82) is 0 Å². The first kappa shape index (κ1) is 17.0. The minimum atomic E-state index is 0.243. The average Bonchev–Trinajstić information content (AvgIpc) is 2.86. The van der Waals surface area contributed by atoms with Crippen LogP contribution >= 0.6 is 15.9 Å². The molecule has 1 aromatic carbocycles. The van der Waals surface area contributed by atoms with Crippen molar-refractivity contribution in [1.82, 2.24) is 4.90 Å². The van der Waals surface area contributed by atoms with E-state index in [-0.39, 0.29) is 5.92 Å². The van der Waals surface area contributed by atoms with E-state index < -0.39 is 0 Å². The number of hydrogen-bond donors (Lipinski definition) is 1. The molecule has 2 fully saturated rings. The third-order valence-electron chi connectivity index (χ3n) is 5.25. The van der Waals surface area contributed by atoms with Crippen molar-refractivity contribution < 1.29 is 9.69 Å². The van der Waals surface area contributed by atoms with Crippen molar-refractivity contribution in [2.45, 2.75) is 45.1 Å². The summed E-state index contributed by atoms with van der Waals surface area (Å²) in [6, 6.07) is 8.60. The van der Waals surface area contributed by atoms with Gasteiger partial charge in [-0.15, -0.1) is 0 Å². The molecule has 1 aromatic rings. The van der Waals surface area contributed by atoms with Gasteiger partial charge >= 0.3 is 0 Å². The van der Waals surface area contributed by atoms with Gasteiger partial charge in [-0.1, -0.05) is 40.9 Å². The van der Waals surface area contributed by atoms with E-state index in [4.69, 9.17) is 0 Å². The molecule has 1 amide bonds. The third-order valence-corrected chi connectivity index (χ3v) is 5.78. The predicted octanol–water partition coefficient (Wildman–Crippen LogP) is 2.65. The largest absolute Gasteiger partial charge is 0.342 e. The second-order valence-corrected chi connectivity index (χ2v) is 8.00. The van der Waals surface area contributed by atoms with E-state index >= 15 is 0 Å². The first-order valence-electron chi connectivity index (χ1n) is 9.09. The number of benzene rings is 1. The second-order valence-electron chi connectivity index (χ2n) is 7.09. The summed E-state index contributed by atoms with van der Waals surface area (Å²) >= 11 is 3.49. The second kappa shape index (κ2) is 8.29. The summed E-state index contributed by atoms with van der Waals surface area (Å²) in [5.41, 5.74) is 1.37. The van der Waals surface area contributed by atoms with E-state index in [2.05, 4.69) is 45.1 Å². The number of nitrogens with one attached hydrogen (secondary N) is 1. The number of carbonyl (C=O) groups excluding carboxylic acids is 1. The van der Waals surface area contributed by atoms with Gasteiger partial charge in [0.1, 0.15) is 6.54 Å². The molecule has 0 radical (unpaired) electrons. The van der Waals surface area contributed by atoms with Crippen molar-refractivity contribution >= 4 is 21.8 Å². The molecule has 1 N–H and O–H groups in total. The highest BCUT2D eigenvalue weighted by Crippen LogP contribution is 2.17. The maximum Gasteiger partial charge on any atom is 0.231 e. The number of likely N-dealkylation sites (tertiary alicyclic amines) is 2. The van der Waals surface area contributed by atoms with Gasteiger partial charge in [-0.3, -0.25) is 4.79 Å². The Labute approximate surface area is 148 Å². The van der Waals surface area contributed by atoms with Crippen LogP contribution in [0.2, 0.25) is 0 Å². The lowest BCUT2D eigenvalue weighted by Gasteiger charge is -2.32. The van der Waals surface area contributed by atoms with Gasteiger partial charge in [-0.2, -0.15) is 0 Å². The van der Waals surface area contributed by atoms with Gasteiger partial charge < -0.3 is 9.80 Å². The van der Waals surface area contributed by atoms with Crippen LogP contribution in [-0.4, -0.2) is 37.0 Å². The summed E-state index contributed by atoms with van der Waals surface area (Å²) in [6.45, 7) is 5.21. The molecule has 0 aliphatic carbocycles. The Morgan fingerprint density at radius 1 is 1.09 bits per heavy atom. The molecule has 3 nitrogen and oxygen atoms in total. The lowest BCUT2D eigenvalue weighted by atomic mass is 9.96. The van der Waals surface area contributed by atoms with Crippen LogP contribution in [0.25, 0.3) is 0 Å². The van der Waals surface area contributed by atoms with Crippen LogP contribution in [-0.2, 0) is 11.3 Å². The van der Waals surface area contributed by atoms with Crippen LogP contribution in [0.3, 0.4) is 0 Å². The summed E-state index contributed by atoms with van der Waals surface area (Å²) in [4.78, 5) is 16.6. The number of rotatable bonds is 3. The molecule has 0 bridgehead atoms. The molecule has 2 saturated heterocycles. The van der Waals surface area contributed by atoms with Crippen molar-refractivity contribution in [2.75, 3.05) is 26.2 Å². The predicted molar refractivity (Wildman–Crippen MR) is 96.3 cm³/mol. The molecule has 126 valence electrons. The van der Waals surface area contributed by atoms with Crippen LogP contribution in [0.5, 0.6) is 0 Å². The van der Waals surface area contributed by atoms with Crippen LogP contribution in [0.15, 0.2) is 28.7 Å². The highest BCUT2D eigenvalue weighted by molar-refractivity contribution is 9.10. The standard InChI is InChI=1S/C19H27BrN2O/c20-18-9-7-16(8-10-18)14-21-11-5-6-17(15-21)19(23)22-12-3-1-2-4-13-22/h7-10,17H,1-6,11-15H2/p+1/t17-/m1/s1. The molecule has 1 unspecified atom stereocenters. The van der Waals surface area contributed by atoms with Crippen LogP contribution < -0.4 is 4.90 Å². The Morgan fingerprint density at radius 3 is 2.48 bits per heavy atom. The summed E-state index contributed by atoms with van der Waals surface area (Å²) in [5.74, 6) is 0.673. The molecule has 2 heterocycles. The molecule has 23 heavy (non-hydrogen) atoms. The van der Waals surface area contributed by atoms with Crippen molar-refractivity contribution in [2.24, 2.45) is 5.92 Å². The number of halogens is 1. The average molecular weight is 380 g/mol. The smallest absolute Gasteiger partial charge is 0.231 e. The van der Waals surface area contributed by atoms with Gasteiger partial charge in [0.05, 0.1) is 19.0 Å². The Bertz CT molecular complexity index is 509. The van der Waals surface area contributed by atoms with Crippen molar-refractivity contribution in [3.05, 3.63) is 34.3 Å². The number of piperidine rings is 1. The van der Waals surface area contributed by atoms with E-state index in [1.165, 1.54) is 44.2 Å². The van der Waals surface area contributed by atoms with Crippen LogP contribution in [0, 0.1) is 5.92 Å². The Morgan fingerprint density at radius 2 is 1.78 bits per heavy atom. The van der Waals surface area contributed by atoms with Crippen molar-refractivity contribution in [3.63, 3.8) is 0 Å². The van der Waals surface area contributed by atoms with Crippen LogP contribution in [0.1, 0.15) is 44.1 Å². The number of nitrogens with zero attached hydrogens (tertiary/aromatic N) is 1. The third kappa shape index (κ3) is 4.80. The van der Waals surface area contributed by atoms with E-state index in [9.17, 15) is 4.79 Å². The lowest BCUT2D eigenvalue weighted by molar-refractivity contribution is -0.921. The molecule has 2 atom stereocenters. The molecule has 4 heteroatoms. The molecule has 0 saturated carbocycles. The SMILES string of the molecule is O=C([C@@H]1CCC[NH+](Cc2ccc(Br)cc2)C1)N1CCCCCC1. The summed E-state index contributed by atoms with van der Waals surface area (Å²) in [5, 5.41) is 0. The van der Waals surface area contributed by atoms with Gasteiger partial charge in [0.2, 0.25) is 5.91 Å². The van der Waals surface area contributed by atoms with E-state index in [1.807, 2.05) is 0 Å². The van der Waals surface area contributed by atoms with Gasteiger partial charge in [0.15, 0.2) is 0 Å². The van der Waals surface area contributed by atoms with Crippen molar-refractivity contribution in [3.8, 4) is 0 Å².